The van der Waals surface area contributed by atoms with Gasteiger partial charge in [0.05, 0.1) is 10.6 Å². The molecule has 0 unspecified atom stereocenters. The lowest BCUT2D eigenvalue weighted by Gasteiger charge is -2.35. The summed E-state index contributed by atoms with van der Waals surface area (Å²) < 4.78 is 0. The van der Waals surface area contributed by atoms with Gasteiger partial charge in [-0.25, -0.2) is 0 Å². The van der Waals surface area contributed by atoms with Gasteiger partial charge in [0.15, 0.2) is 0 Å². The number of nitrogens with zero attached hydrogens (tertiary/aromatic N) is 2. The molecule has 134 valence electrons. The van der Waals surface area contributed by atoms with E-state index < -0.39 is 11.0 Å². The predicted octanol–water partition coefficient (Wildman–Crippen LogP) is 2.88. The van der Waals surface area contributed by atoms with Crippen LogP contribution in [0.1, 0.15) is 38.2 Å². The Bertz CT molecular complexity index is 718. The van der Waals surface area contributed by atoms with Gasteiger partial charge in [-0.05, 0) is 44.1 Å². The van der Waals surface area contributed by atoms with Crippen molar-refractivity contribution in [3.05, 3.63) is 33.9 Å². The van der Waals surface area contributed by atoms with E-state index in [9.17, 15) is 19.7 Å². The van der Waals surface area contributed by atoms with Gasteiger partial charge in [-0.3, -0.25) is 19.7 Å². The van der Waals surface area contributed by atoms with Gasteiger partial charge in [0, 0.05) is 24.6 Å². The van der Waals surface area contributed by atoms with Gasteiger partial charge in [0.1, 0.15) is 6.04 Å². The first kappa shape index (κ1) is 17.4. The molecule has 7 nitrogen and oxygen atoms in total. The standard InChI is InChI=1S/C18H23N3O4/c1-11-6-7-13(21(24)25)10-15(11)19-17(22)16-5-3-4-8-20(16)18(23)14-9-12(14)2/h6-7,10,12,14,16H,3-5,8-9H2,1-2H3,(H,19,22)/t12-,14-,16+/m1/s1. The lowest BCUT2D eigenvalue weighted by molar-refractivity contribution is -0.384. The van der Waals surface area contributed by atoms with Crippen LogP contribution in [0.2, 0.25) is 0 Å². The van der Waals surface area contributed by atoms with Gasteiger partial charge < -0.3 is 10.2 Å². The highest BCUT2D eigenvalue weighted by atomic mass is 16.6. The normalized spacial score (nSPS) is 25.4. The molecule has 25 heavy (non-hydrogen) atoms. The molecule has 0 spiro atoms. The maximum atomic E-state index is 12.8. The predicted molar refractivity (Wildman–Crippen MR) is 93.1 cm³/mol. The van der Waals surface area contributed by atoms with E-state index in [0.29, 0.717) is 24.6 Å². The van der Waals surface area contributed by atoms with Crippen LogP contribution < -0.4 is 5.32 Å². The van der Waals surface area contributed by atoms with Crippen molar-refractivity contribution < 1.29 is 14.5 Å². The second kappa shape index (κ2) is 6.82. The topological polar surface area (TPSA) is 92.6 Å². The van der Waals surface area contributed by atoms with Crippen LogP contribution in [0.3, 0.4) is 0 Å². The molecule has 1 aromatic rings. The summed E-state index contributed by atoms with van der Waals surface area (Å²) in [6.07, 6.45) is 3.34. The Balaban J connectivity index is 1.76. The fourth-order valence-electron chi connectivity index (χ4n) is 3.42. The Kier molecular flexibility index (Phi) is 4.74. The third-order valence-electron chi connectivity index (χ3n) is 5.21. The second-order valence-electron chi connectivity index (χ2n) is 7.11. The number of non-ortho nitro benzene ring substituents is 1. The third kappa shape index (κ3) is 3.65. The number of benzene rings is 1. The van der Waals surface area contributed by atoms with E-state index in [1.807, 2.05) is 6.92 Å². The minimum atomic E-state index is -0.493. The first-order valence-corrected chi connectivity index (χ1v) is 8.75. The highest BCUT2D eigenvalue weighted by Gasteiger charge is 2.44. The summed E-state index contributed by atoms with van der Waals surface area (Å²) in [5.74, 6) is 0.262. The molecule has 3 atom stereocenters. The number of likely N-dealkylation sites (tertiary alicyclic amines) is 1. The number of nitro benzene ring substituents is 1. The maximum absolute atomic E-state index is 12.8. The molecule has 0 radical (unpaired) electrons. The molecule has 2 aliphatic rings. The number of amides is 2. The number of nitrogens with one attached hydrogen (secondary N) is 1. The number of nitro groups is 1. The van der Waals surface area contributed by atoms with Gasteiger partial charge >= 0.3 is 0 Å². The summed E-state index contributed by atoms with van der Waals surface area (Å²) in [7, 11) is 0. The van der Waals surface area contributed by atoms with E-state index in [1.54, 1.807) is 17.9 Å². The number of carbonyl (C=O) groups excluding carboxylic acids is 2. The molecule has 2 amide bonds. The van der Waals surface area contributed by atoms with Crippen molar-refractivity contribution in [2.45, 2.75) is 45.6 Å². The molecule has 1 heterocycles. The Hall–Kier alpha value is -2.44. The second-order valence-corrected chi connectivity index (χ2v) is 7.11. The zero-order valence-corrected chi connectivity index (χ0v) is 14.5. The number of anilines is 1. The fraction of sp³-hybridized carbons (Fsp3) is 0.556. The molecular weight excluding hydrogens is 322 g/mol. The molecule has 0 bridgehead atoms. The maximum Gasteiger partial charge on any atom is 0.271 e. The van der Waals surface area contributed by atoms with E-state index >= 15 is 0 Å². The quantitative estimate of drug-likeness (QED) is 0.671. The summed E-state index contributed by atoms with van der Waals surface area (Å²) in [5, 5.41) is 13.7. The number of rotatable bonds is 4. The molecule has 1 saturated heterocycles. The minimum Gasteiger partial charge on any atom is -0.330 e. The van der Waals surface area contributed by atoms with Crippen LogP contribution in [-0.2, 0) is 9.59 Å². The first-order valence-electron chi connectivity index (χ1n) is 8.75. The monoisotopic (exact) mass is 345 g/mol. The van der Waals surface area contributed by atoms with Gasteiger partial charge in [0.25, 0.3) is 5.69 Å². The van der Waals surface area contributed by atoms with Gasteiger partial charge in [-0.2, -0.15) is 0 Å². The van der Waals surface area contributed by atoms with E-state index in [0.717, 1.165) is 24.8 Å². The van der Waals surface area contributed by atoms with Crippen LogP contribution in [0, 0.1) is 28.9 Å². The SMILES string of the molecule is Cc1ccc([N+](=O)[O-])cc1NC(=O)[C@@H]1CCCCN1C(=O)[C@@H]1C[C@H]1C. The summed E-state index contributed by atoms with van der Waals surface area (Å²) >= 11 is 0. The fourth-order valence-corrected chi connectivity index (χ4v) is 3.42. The Morgan fingerprint density at radius 1 is 1.32 bits per heavy atom. The molecule has 1 saturated carbocycles. The number of piperidine rings is 1. The molecule has 3 rings (SSSR count). The van der Waals surface area contributed by atoms with Gasteiger partial charge in [0.2, 0.25) is 11.8 Å². The molecule has 1 aliphatic carbocycles. The first-order chi connectivity index (χ1) is 11.9. The van der Waals surface area contributed by atoms with Crippen molar-refractivity contribution >= 4 is 23.2 Å². The molecule has 1 aliphatic heterocycles. The van der Waals surface area contributed by atoms with E-state index in [-0.39, 0.29) is 23.4 Å². The smallest absolute Gasteiger partial charge is 0.271 e. The van der Waals surface area contributed by atoms with E-state index in [1.165, 1.54) is 12.1 Å². The van der Waals surface area contributed by atoms with Crippen LogP contribution in [0.25, 0.3) is 0 Å². The molecule has 0 aromatic heterocycles. The van der Waals surface area contributed by atoms with Crippen LogP contribution in [0.5, 0.6) is 0 Å². The highest BCUT2D eigenvalue weighted by Crippen LogP contribution is 2.40. The number of hydrogen-bond donors (Lipinski definition) is 1. The van der Waals surface area contributed by atoms with Crippen LogP contribution in [-0.4, -0.2) is 34.2 Å². The van der Waals surface area contributed by atoms with Crippen molar-refractivity contribution in [1.29, 1.82) is 0 Å². The molecular formula is C18H23N3O4. The van der Waals surface area contributed by atoms with Crippen molar-refractivity contribution in [2.24, 2.45) is 11.8 Å². The van der Waals surface area contributed by atoms with Crippen molar-refractivity contribution in [3.63, 3.8) is 0 Å². The van der Waals surface area contributed by atoms with E-state index in [2.05, 4.69) is 5.32 Å². The lowest BCUT2D eigenvalue weighted by atomic mass is 10.00. The Morgan fingerprint density at radius 2 is 2.04 bits per heavy atom. The van der Waals surface area contributed by atoms with E-state index in [4.69, 9.17) is 0 Å². The molecule has 1 N–H and O–H groups in total. The van der Waals surface area contributed by atoms with Crippen molar-refractivity contribution in [1.82, 2.24) is 4.90 Å². The highest BCUT2D eigenvalue weighted by molar-refractivity contribution is 5.98. The molecule has 2 fully saturated rings. The minimum absolute atomic E-state index is 0.0490. The molecule has 1 aromatic carbocycles. The summed E-state index contributed by atoms with van der Waals surface area (Å²) in [6.45, 7) is 4.44. The van der Waals surface area contributed by atoms with Gasteiger partial charge in [-0.1, -0.05) is 13.0 Å². The summed E-state index contributed by atoms with van der Waals surface area (Å²) in [4.78, 5) is 37.5. The Labute approximate surface area is 146 Å². The van der Waals surface area contributed by atoms with Crippen molar-refractivity contribution in [3.8, 4) is 0 Å². The van der Waals surface area contributed by atoms with Crippen molar-refractivity contribution in [2.75, 3.05) is 11.9 Å². The van der Waals surface area contributed by atoms with Crippen LogP contribution in [0.4, 0.5) is 11.4 Å². The molecule has 7 heteroatoms. The number of hydrogen-bond acceptors (Lipinski definition) is 4. The average Bonchev–Trinajstić information content (AvgIpc) is 3.32. The summed E-state index contributed by atoms with van der Waals surface area (Å²) in [6, 6.07) is 3.90. The van der Waals surface area contributed by atoms with Crippen LogP contribution >= 0.6 is 0 Å². The van der Waals surface area contributed by atoms with Gasteiger partial charge in [-0.15, -0.1) is 0 Å². The number of carbonyl (C=O) groups is 2. The average molecular weight is 345 g/mol. The largest absolute Gasteiger partial charge is 0.330 e. The summed E-state index contributed by atoms with van der Waals surface area (Å²) in [5.41, 5.74) is 1.12. The zero-order chi connectivity index (χ0) is 18.1. The number of aryl methyl sites for hydroxylation is 1. The Morgan fingerprint density at radius 3 is 2.68 bits per heavy atom. The third-order valence-corrected chi connectivity index (χ3v) is 5.21. The lowest BCUT2D eigenvalue weighted by Crippen LogP contribution is -2.50. The van der Waals surface area contributed by atoms with Crippen LogP contribution in [0.15, 0.2) is 18.2 Å². The zero-order valence-electron chi connectivity index (χ0n) is 14.5.